The maximum absolute atomic E-state index is 13.6. The summed E-state index contributed by atoms with van der Waals surface area (Å²) in [5, 5.41) is 11.5. The highest BCUT2D eigenvalue weighted by atomic mass is 19.1. The number of nitrogens with one attached hydrogen (secondary N) is 2. The van der Waals surface area contributed by atoms with E-state index in [9.17, 15) is 14.0 Å². The fourth-order valence-electron chi connectivity index (χ4n) is 3.54. The number of halogens is 1. The van der Waals surface area contributed by atoms with Crippen molar-refractivity contribution in [2.75, 3.05) is 32.2 Å². The number of H-pyrrole nitrogens is 1. The van der Waals surface area contributed by atoms with Gasteiger partial charge in [0.25, 0.3) is 5.91 Å². The van der Waals surface area contributed by atoms with Crippen molar-refractivity contribution in [2.24, 2.45) is 11.1 Å². The van der Waals surface area contributed by atoms with Crippen LogP contribution in [-0.4, -0.2) is 58.7 Å². The topological polar surface area (TPSA) is 178 Å². The first-order chi connectivity index (χ1) is 17.2. The Labute approximate surface area is 204 Å². The summed E-state index contributed by atoms with van der Waals surface area (Å²) in [4.78, 5) is 41.1. The Hall–Kier alpha value is -4.41. The van der Waals surface area contributed by atoms with Gasteiger partial charge in [-0.25, -0.2) is 19.3 Å². The molecule has 3 heterocycles. The summed E-state index contributed by atoms with van der Waals surface area (Å²) in [6.07, 6.45) is 1.53. The van der Waals surface area contributed by atoms with Crippen LogP contribution in [0.5, 0.6) is 0 Å². The van der Waals surface area contributed by atoms with E-state index in [1.54, 1.807) is 19.2 Å². The van der Waals surface area contributed by atoms with Crippen LogP contribution in [0.2, 0.25) is 0 Å². The van der Waals surface area contributed by atoms with E-state index in [2.05, 4.69) is 25.3 Å². The number of esters is 1. The predicted molar refractivity (Wildman–Crippen MR) is 122 cm³/mol. The van der Waals surface area contributed by atoms with Crippen LogP contribution in [0.15, 0.2) is 36.5 Å². The summed E-state index contributed by atoms with van der Waals surface area (Å²) in [6.45, 7) is 0.458. The van der Waals surface area contributed by atoms with E-state index in [0.717, 1.165) is 0 Å². The number of anilines is 1. The van der Waals surface area contributed by atoms with Crippen molar-refractivity contribution in [2.45, 2.75) is 12.7 Å². The van der Waals surface area contributed by atoms with Crippen molar-refractivity contribution in [3.8, 4) is 28.7 Å². The summed E-state index contributed by atoms with van der Waals surface area (Å²) in [5.41, 5.74) is 6.00. The highest BCUT2D eigenvalue weighted by Gasteiger charge is 2.54. The van der Waals surface area contributed by atoms with Crippen molar-refractivity contribution in [1.29, 1.82) is 5.26 Å². The van der Waals surface area contributed by atoms with Gasteiger partial charge in [-0.05, 0) is 37.3 Å². The molecule has 13 heteroatoms. The predicted octanol–water partition coefficient (Wildman–Crippen LogP) is 1.47. The summed E-state index contributed by atoms with van der Waals surface area (Å²) < 4.78 is 30.0. The number of hydrogen-bond acceptors (Lipinski definition) is 10. The SMILES string of the molecule is CNc1nccc(-c2[nH]c(C3(C(N)=O)OCC(C)(C(=O)OCC#N)CO3)nc2-c2ccc(F)cc2)n1. The number of rotatable bonds is 7. The first-order valence-corrected chi connectivity index (χ1v) is 10.7. The van der Waals surface area contributed by atoms with E-state index in [-0.39, 0.29) is 19.0 Å². The number of aromatic nitrogens is 4. The highest BCUT2D eigenvalue weighted by molar-refractivity contribution is 5.85. The molecule has 1 amide bonds. The lowest BCUT2D eigenvalue weighted by Gasteiger charge is -2.40. The normalized spacial score (nSPS) is 21.4. The van der Waals surface area contributed by atoms with Crippen molar-refractivity contribution in [1.82, 2.24) is 19.9 Å². The summed E-state index contributed by atoms with van der Waals surface area (Å²) >= 11 is 0. The number of benzene rings is 1. The molecule has 0 spiro atoms. The third kappa shape index (κ3) is 4.47. The molecule has 4 N–H and O–H groups in total. The van der Waals surface area contributed by atoms with Crippen molar-refractivity contribution >= 4 is 17.8 Å². The molecular formula is C23H22FN7O5. The number of carbonyl (C=O) groups is 2. The van der Waals surface area contributed by atoms with Gasteiger partial charge in [0.1, 0.15) is 17.3 Å². The van der Waals surface area contributed by atoms with E-state index >= 15 is 0 Å². The van der Waals surface area contributed by atoms with Crippen LogP contribution < -0.4 is 11.1 Å². The van der Waals surface area contributed by atoms with Gasteiger partial charge in [0, 0.05) is 18.8 Å². The fourth-order valence-corrected chi connectivity index (χ4v) is 3.54. The standard InChI is InChI=1S/C23H22FN7O5/c1-22(20(33)34-10-8-25)11-35-23(18(26)32,36-12-22)19-30-16(13-3-5-14(24)6-4-13)17(31-19)15-7-9-28-21(27-2)29-15/h3-7,9H,10-12H2,1-2H3,(H2,26,32)(H,30,31)(H,27,28,29). The smallest absolute Gasteiger partial charge is 0.317 e. The molecule has 1 aliphatic heterocycles. The van der Waals surface area contributed by atoms with Crippen LogP contribution >= 0.6 is 0 Å². The quantitative estimate of drug-likeness (QED) is 0.407. The number of nitriles is 1. The van der Waals surface area contributed by atoms with Gasteiger partial charge in [0.05, 0.1) is 30.3 Å². The van der Waals surface area contributed by atoms with Gasteiger partial charge in [-0.1, -0.05) is 0 Å². The molecule has 1 fully saturated rings. The number of nitrogens with two attached hydrogens (primary N) is 1. The third-order valence-electron chi connectivity index (χ3n) is 5.54. The number of imidazole rings is 1. The van der Waals surface area contributed by atoms with E-state index in [0.29, 0.717) is 28.6 Å². The molecule has 1 saturated heterocycles. The lowest BCUT2D eigenvalue weighted by atomic mass is 9.91. The molecule has 2 aromatic heterocycles. The minimum atomic E-state index is -2.17. The molecule has 0 bridgehead atoms. The van der Waals surface area contributed by atoms with E-state index in [1.807, 2.05) is 0 Å². The molecule has 0 aliphatic carbocycles. The first-order valence-electron chi connectivity index (χ1n) is 10.7. The Balaban J connectivity index is 1.78. The fraction of sp³-hybridized carbons (Fsp3) is 0.304. The highest BCUT2D eigenvalue weighted by Crippen LogP contribution is 2.39. The number of carbonyl (C=O) groups excluding carboxylic acids is 2. The van der Waals surface area contributed by atoms with Gasteiger partial charge in [-0.3, -0.25) is 9.59 Å². The van der Waals surface area contributed by atoms with E-state index in [4.69, 9.17) is 25.2 Å². The zero-order valence-electron chi connectivity index (χ0n) is 19.4. The zero-order valence-corrected chi connectivity index (χ0v) is 19.4. The lowest BCUT2D eigenvalue weighted by molar-refractivity contribution is -0.293. The molecule has 0 saturated carbocycles. The Morgan fingerprint density at radius 2 is 1.94 bits per heavy atom. The molecule has 3 aromatic rings. The second kappa shape index (κ2) is 9.68. The molecule has 12 nitrogen and oxygen atoms in total. The van der Waals surface area contributed by atoms with Gasteiger partial charge in [-0.2, -0.15) is 5.26 Å². The van der Waals surface area contributed by atoms with Crippen molar-refractivity contribution in [3.05, 3.63) is 48.2 Å². The molecule has 0 unspecified atom stereocenters. The Morgan fingerprint density at radius 3 is 2.56 bits per heavy atom. The Kier molecular flexibility index (Phi) is 6.65. The molecule has 0 atom stereocenters. The first kappa shape index (κ1) is 24.7. The van der Waals surface area contributed by atoms with Gasteiger partial charge in [-0.15, -0.1) is 0 Å². The summed E-state index contributed by atoms with van der Waals surface area (Å²) in [6, 6.07) is 8.89. The van der Waals surface area contributed by atoms with Crippen LogP contribution in [0, 0.1) is 22.6 Å². The molecule has 1 aromatic carbocycles. The number of hydrogen-bond donors (Lipinski definition) is 3. The van der Waals surface area contributed by atoms with Crippen molar-refractivity contribution in [3.63, 3.8) is 0 Å². The van der Waals surface area contributed by atoms with Crippen LogP contribution in [-0.2, 0) is 29.6 Å². The van der Waals surface area contributed by atoms with Crippen LogP contribution in [0.3, 0.4) is 0 Å². The van der Waals surface area contributed by atoms with Gasteiger partial charge in [0.2, 0.25) is 5.95 Å². The summed E-state index contributed by atoms with van der Waals surface area (Å²) in [7, 11) is 1.66. The number of nitrogens with zero attached hydrogens (tertiary/aromatic N) is 4. The average molecular weight is 495 g/mol. The van der Waals surface area contributed by atoms with E-state index in [1.165, 1.54) is 37.4 Å². The number of amides is 1. The molecule has 4 rings (SSSR count). The monoisotopic (exact) mass is 495 g/mol. The zero-order chi connectivity index (χ0) is 25.9. The molecule has 36 heavy (non-hydrogen) atoms. The average Bonchev–Trinajstić information content (AvgIpc) is 3.34. The molecule has 0 radical (unpaired) electrons. The van der Waals surface area contributed by atoms with Crippen molar-refractivity contribution < 1.29 is 28.2 Å². The second-order valence-electron chi connectivity index (χ2n) is 8.18. The minimum Gasteiger partial charge on any atom is -0.450 e. The molecule has 1 aliphatic rings. The lowest BCUT2D eigenvalue weighted by Crippen LogP contribution is -2.56. The molecule has 186 valence electrons. The van der Waals surface area contributed by atoms with Crippen LogP contribution in [0.4, 0.5) is 10.3 Å². The van der Waals surface area contributed by atoms with Crippen LogP contribution in [0.1, 0.15) is 12.7 Å². The number of primary amides is 1. The van der Waals surface area contributed by atoms with Gasteiger partial charge in [0.15, 0.2) is 12.4 Å². The van der Waals surface area contributed by atoms with Crippen LogP contribution in [0.25, 0.3) is 22.6 Å². The Bertz CT molecular complexity index is 1330. The van der Waals surface area contributed by atoms with Gasteiger partial charge >= 0.3 is 11.8 Å². The summed E-state index contributed by atoms with van der Waals surface area (Å²) in [5.74, 6) is -4.11. The Morgan fingerprint density at radius 1 is 1.25 bits per heavy atom. The van der Waals surface area contributed by atoms with E-state index < -0.39 is 35.5 Å². The number of ether oxygens (including phenoxy) is 3. The maximum Gasteiger partial charge on any atom is 0.317 e. The minimum absolute atomic E-state index is 0.0959. The largest absolute Gasteiger partial charge is 0.450 e. The second-order valence-corrected chi connectivity index (χ2v) is 8.18. The molecular weight excluding hydrogens is 473 g/mol. The van der Waals surface area contributed by atoms with Gasteiger partial charge < -0.3 is 30.2 Å². The number of aromatic amines is 1. The maximum atomic E-state index is 13.6. The third-order valence-corrected chi connectivity index (χ3v) is 5.54.